The van der Waals surface area contributed by atoms with Gasteiger partial charge in [-0.15, -0.1) is 0 Å². The summed E-state index contributed by atoms with van der Waals surface area (Å²) < 4.78 is 17.7. The van der Waals surface area contributed by atoms with Crippen LogP contribution < -0.4 is 0 Å². The highest BCUT2D eigenvalue weighted by Crippen LogP contribution is 2.53. The molecule has 0 radical (unpaired) electrons. The van der Waals surface area contributed by atoms with E-state index in [1.54, 1.807) is 12.2 Å². The number of ether oxygens (including phenoxy) is 3. The number of cyclic esters (lactones) is 1. The van der Waals surface area contributed by atoms with Crippen molar-refractivity contribution in [3.8, 4) is 0 Å². The number of ketones is 1. The lowest BCUT2D eigenvalue weighted by Crippen LogP contribution is -2.31. The number of fused-ring (bicyclic) bond motifs is 4. The summed E-state index contributed by atoms with van der Waals surface area (Å²) in [4.78, 5) is 25.7. The van der Waals surface area contributed by atoms with Crippen molar-refractivity contribution in [2.75, 3.05) is 0 Å². The van der Waals surface area contributed by atoms with E-state index in [1.807, 2.05) is 33.8 Å². The normalized spacial score (nSPS) is 35.0. The number of benzene rings is 1. The van der Waals surface area contributed by atoms with Crippen molar-refractivity contribution in [2.45, 2.75) is 83.9 Å². The number of hydrogen-bond acceptors (Lipinski definition) is 5. The van der Waals surface area contributed by atoms with Crippen molar-refractivity contribution in [3.05, 3.63) is 46.5 Å². The monoisotopic (exact) mass is 398 g/mol. The van der Waals surface area contributed by atoms with Crippen LogP contribution in [-0.4, -0.2) is 35.9 Å². The second-order valence-corrected chi connectivity index (χ2v) is 9.23. The summed E-state index contributed by atoms with van der Waals surface area (Å²) in [6.07, 6.45) is 4.36. The maximum Gasteiger partial charge on any atom is 0.338 e. The van der Waals surface area contributed by atoms with Crippen molar-refractivity contribution < 1.29 is 23.8 Å². The first kappa shape index (κ1) is 20.3. The van der Waals surface area contributed by atoms with Crippen molar-refractivity contribution in [1.82, 2.24) is 0 Å². The van der Waals surface area contributed by atoms with Crippen LogP contribution in [0.15, 0.2) is 24.3 Å². The molecule has 2 fully saturated rings. The van der Waals surface area contributed by atoms with Crippen LogP contribution >= 0.6 is 0 Å². The summed E-state index contributed by atoms with van der Waals surface area (Å²) >= 11 is 0. The first-order chi connectivity index (χ1) is 13.6. The molecule has 0 bridgehead atoms. The number of carbonyl (C=O) groups is 2. The topological polar surface area (TPSA) is 61.8 Å². The van der Waals surface area contributed by atoms with Crippen LogP contribution in [-0.2, 0) is 19.0 Å². The predicted octanol–water partition coefficient (Wildman–Crippen LogP) is 4.39. The molecule has 0 amide bonds. The largest absolute Gasteiger partial charge is 0.459 e. The standard InChI is InChI=1S/C24H30O5/c1-13-9-14(2)21-18(10-13)17-11-16(17)12-20-22(29-24(4,5)28-20)19(25)8-6-7-15(3)27-23(21)26/h6,8-10,15-17,20,22H,7,11-12H2,1-5H3/b8-6+/t15-,16?,17?,20-,22+/m0/s1. The maximum atomic E-state index is 13.0. The molecule has 1 saturated carbocycles. The van der Waals surface area contributed by atoms with Gasteiger partial charge in [0.15, 0.2) is 11.6 Å². The van der Waals surface area contributed by atoms with Crippen molar-refractivity contribution in [2.24, 2.45) is 5.92 Å². The fraction of sp³-hybridized carbons (Fsp3) is 0.583. The molecule has 5 heteroatoms. The van der Waals surface area contributed by atoms with E-state index in [9.17, 15) is 9.59 Å². The Bertz CT molecular complexity index is 868. The summed E-state index contributed by atoms with van der Waals surface area (Å²) in [6, 6.07) is 4.15. The number of hydrogen-bond donors (Lipinski definition) is 0. The molecule has 0 spiro atoms. The molecule has 0 aromatic heterocycles. The number of carbonyl (C=O) groups excluding carboxylic acids is 2. The average Bonchev–Trinajstić information content (AvgIpc) is 3.28. The lowest BCUT2D eigenvalue weighted by atomic mass is 9.93. The smallest absolute Gasteiger partial charge is 0.338 e. The molecule has 4 rings (SSSR count). The molecule has 1 aromatic carbocycles. The highest BCUT2D eigenvalue weighted by Gasteiger charge is 2.49. The van der Waals surface area contributed by atoms with Gasteiger partial charge in [0, 0.05) is 6.42 Å². The fourth-order valence-electron chi connectivity index (χ4n) is 4.77. The second-order valence-electron chi connectivity index (χ2n) is 9.23. The van der Waals surface area contributed by atoms with Crippen LogP contribution in [0.3, 0.4) is 0 Å². The quantitative estimate of drug-likeness (QED) is 0.607. The molecule has 156 valence electrons. The third-order valence-electron chi connectivity index (χ3n) is 6.09. The molecule has 2 heterocycles. The van der Waals surface area contributed by atoms with Gasteiger partial charge in [-0.1, -0.05) is 23.8 Å². The molecule has 1 aliphatic carbocycles. The molecule has 1 aromatic rings. The molecule has 2 unspecified atom stereocenters. The SMILES string of the molecule is Cc1cc(C)c2c(c1)C1CC1C[C@@H]1OC(C)(C)O[C@@H]1C(=O)/C=C/C[C@H](C)OC2=O. The van der Waals surface area contributed by atoms with E-state index in [0.29, 0.717) is 17.9 Å². The van der Waals surface area contributed by atoms with Crippen molar-refractivity contribution in [3.63, 3.8) is 0 Å². The van der Waals surface area contributed by atoms with Gasteiger partial charge in [0.1, 0.15) is 12.2 Å². The average molecular weight is 398 g/mol. The van der Waals surface area contributed by atoms with E-state index >= 15 is 0 Å². The van der Waals surface area contributed by atoms with Gasteiger partial charge in [0.25, 0.3) is 0 Å². The molecule has 3 aliphatic rings. The lowest BCUT2D eigenvalue weighted by Gasteiger charge is -2.19. The molecule has 1 saturated heterocycles. The van der Waals surface area contributed by atoms with E-state index in [2.05, 4.69) is 13.0 Å². The van der Waals surface area contributed by atoms with Crippen LogP contribution in [0.2, 0.25) is 0 Å². The van der Waals surface area contributed by atoms with Crippen LogP contribution in [0.4, 0.5) is 0 Å². The Kier molecular flexibility index (Phi) is 5.16. The van der Waals surface area contributed by atoms with Crippen molar-refractivity contribution in [1.29, 1.82) is 0 Å². The summed E-state index contributed by atoms with van der Waals surface area (Å²) in [5.74, 6) is -0.473. The Hall–Kier alpha value is -1.98. The van der Waals surface area contributed by atoms with Gasteiger partial charge in [-0.2, -0.15) is 0 Å². The van der Waals surface area contributed by atoms with Gasteiger partial charge in [0.05, 0.1) is 11.7 Å². The third-order valence-corrected chi connectivity index (χ3v) is 6.09. The summed E-state index contributed by atoms with van der Waals surface area (Å²) in [6.45, 7) is 9.59. The van der Waals surface area contributed by atoms with Crippen LogP contribution in [0.5, 0.6) is 0 Å². The van der Waals surface area contributed by atoms with Gasteiger partial charge >= 0.3 is 5.97 Å². The first-order valence-corrected chi connectivity index (χ1v) is 10.5. The summed E-state index contributed by atoms with van der Waals surface area (Å²) in [5.41, 5.74) is 3.87. The number of esters is 1. The second kappa shape index (κ2) is 7.37. The minimum atomic E-state index is -0.769. The van der Waals surface area contributed by atoms with Gasteiger partial charge in [-0.05, 0) is 76.5 Å². The van der Waals surface area contributed by atoms with E-state index < -0.39 is 11.9 Å². The zero-order chi connectivity index (χ0) is 20.9. The Morgan fingerprint density at radius 3 is 2.59 bits per heavy atom. The Labute approximate surface area is 172 Å². The molecule has 2 aliphatic heterocycles. The van der Waals surface area contributed by atoms with Crippen molar-refractivity contribution >= 4 is 11.8 Å². The zero-order valence-electron chi connectivity index (χ0n) is 17.9. The van der Waals surface area contributed by atoms with Crippen LogP contribution in [0, 0.1) is 19.8 Å². The zero-order valence-corrected chi connectivity index (χ0v) is 17.9. The van der Waals surface area contributed by atoms with Crippen LogP contribution in [0.1, 0.15) is 73.0 Å². The van der Waals surface area contributed by atoms with Crippen LogP contribution in [0.25, 0.3) is 0 Å². The van der Waals surface area contributed by atoms with E-state index in [-0.39, 0.29) is 29.9 Å². The van der Waals surface area contributed by atoms with E-state index in [4.69, 9.17) is 14.2 Å². The fourth-order valence-corrected chi connectivity index (χ4v) is 4.77. The molecule has 5 nitrogen and oxygen atoms in total. The van der Waals surface area contributed by atoms with E-state index in [1.165, 1.54) is 0 Å². The van der Waals surface area contributed by atoms with Gasteiger partial charge in [-0.25, -0.2) is 4.79 Å². The Morgan fingerprint density at radius 2 is 1.83 bits per heavy atom. The highest BCUT2D eigenvalue weighted by molar-refractivity contribution is 5.94. The summed E-state index contributed by atoms with van der Waals surface area (Å²) in [7, 11) is 0. The lowest BCUT2D eigenvalue weighted by molar-refractivity contribution is -0.153. The molecule has 5 atom stereocenters. The minimum absolute atomic E-state index is 0.0829. The maximum absolute atomic E-state index is 13.0. The van der Waals surface area contributed by atoms with Gasteiger partial charge in [-0.3, -0.25) is 4.79 Å². The summed E-state index contributed by atoms with van der Waals surface area (Å²) in [5, 5.41) is 0. The number of aryl methyl sites for hydroxylation is 2. The first-order valence-electron chi connectivity index (χ1n) is 10.5. The van der Waals surface area contributed by atoms with Gasteiger partial charge in [0.2, 0.25) is 0 Å². The van der Waals surface area contributed by atoms with E-state index in [0.717, 1.165) is 29.5 Å². The number of rotatable bonds is 0. The molecule has 0 N–H and O–H groups in total. The highest BCUT2D eigenvalue weighted by atomic mass is 16.8. The molecule has 29 heavy (non-hydrogen) atoms. The Balaban J connectivity index is 1.70. The Morgan fingerprint density at radius 1 is 1.07 bits per heavy atom. The minimum Gasteiger partial charge on any atom is -0.459 e. The molecular formula is C24H30O5. The predicted molar refractivity (Wildman–Crippen MR) is 109 cm³/mol. The molecular weight excluding hydrogens is 368 g/mol. The third kappa shape index (κ3) is 4.17. The van der Waals surface area contributed by atoms with Gasteiger partial charge < -0.3 is 14.2 Å².